The summed E-state index contributed by atoms with van der Waals surface area (Å²) in [5.41, 5.74) is 1.56. The van der Waals surface area contributed by atoms with Crippen molar-refractivity contribution in [1.82, 2.24) is 0 Å². The molecule has 0 spiro atoms. The molecule has 3 aromatic rings. The molecule has 0 unspecified atom stereocenters. The van der Waals surface area contributed by atoms with Crippen molar-refractivity contribution in [3.05, 3.63) is 82.4 Å². The molecule has 0 atom stereocenters. The highest BCUT2D eigenvalue weighted by molar-refractivity contribution is 7.92. The van der Waals surface area contributed by atoms with Gasteiger partial charge in [-0.2, -0.15) is 0 Å². The predicted octanol–water partition coefficient (Wildman–Crippen LogP) is 5.66. The van der Waals surface area contributed by atoms with E-state index < -0.39 is 16.0 Å². The number of carboxylic acid groups (broad SMARTS) is 1. The van der Waals surface area contributed by atoms with Crippen molar-refractivity contribution < 1.29 is 23.1 Å². The lowest BCUT2D eigenvalue weighted by Crippen LogP contribution is -2.31. The Morgan fingerprint density at radius 2 is 1.55 bits per heavy atom. The molecule has 0 amide bonds. The summed E-state index contributed by atoms with van der Waals surface area (Å²) in [4.78, 5) is 11.5. The van der Waals surface area contributed by atoms with Crippen LogP contribution in [0.3, 0.4) is 0 Å². The Hall–Kier alpha value is -3.03. The van der Waals surface area contributed by atoms with E-state index in [1.165, 1.54) is 16.4 Å². The van der Waals surface area contributed by atoms with Gasteiger partial charge in [0, 0.05) is 11.6 Å². The number of nitrogens with zero attached hydrogens (tertiary/aromatic N) is 1. The second kappa shape index (κ2) is 8.99. The van der Waals surface area contributed by atoms with E-state index in [9.17, 15) is 18.3 Å². The summed E-state index contributed by atoms with van der Waals surface area (Å²) >= 11 is 5.87. The van der Waals surface area contributed by atoms with Crippen molar-refractivity contribution in [1.29, 1.82) is 0 Å². The fraction of sp³-hybridized carbons (Fsp3) is 0.174. The first-order valence-corrected chi connectivity index (χ1v) is 11.4. The summed E-state index contributed by atoms with van der Waals surface area (Å²) in [6.07, 6.45) is 0. The fourth-order valence-electron chi connectivity index (χ4n) is 3.14. The summed E-state index contributed by atoms with van der Waals surface area (Å²) in [7, 11) is -3.96. The van der Waals surface area contributed by atoms with Crippen LogP contribution in [0, 0.1) is 13.8 Å². The number of benzene rings is 3. The number of anilines is 1. The smallest absolute Gasteiger partial charge is 0.336 e. The van der Waals surface area contributed by atoms with Crippen molar-refractivity contribution in [2.75, 3.05) is 10.8 Å². The van der Waals surface area contributed by atoms with Crippen LogP contribution in [0.1, 0.15) is 28.4 Å². The summed E-state index contributed by atoms with van der Waals surface area (Å²) in [6.45, 7) is 5.25. The number of rotatable bonds is 7. The summed E-state index contributed by atoms with van der Waals surface area (Å²) in [5.74, 6) is -0.0169. The fourth-order valence-corrected chi connectivity index (χ4v) is 4.85. The van der Waals surface area contributed by atoms with Gasteiger partial charge in [0.05, 0.1) is 16.1 Å². The number of sulfonamides is 1. The van der Waals surface area contributed by atoms with Crippen LogP contribution in [0.15, 0.2) is 65.6 Å². The molecule has 1 N–H and O–H groups in total. The zero-order valence-corrected chi connectivity index (χ0v) is 18.9. The van der Waals surface area contributed by atoms with E-state index in [-0.39, 0.29) is 17.0 Å². The van der Waals surface area contributed by atoms with E-state index in [1.54, 1.807) is 69.3 Å². The second-order valence-corrected chi connectivity index (χ2v) is 9.24. The van der Waals surface area contributed by atoms with Crippen LogP contribution in [0.25, 0.3) is 0 Å². The van der Waals surface area contributed by atoms with Gasteiger partial charge in [0.1, 0.15) is 11.5 Å². The van der Waals surface area contributed by atoms with Crippen LogP contribution in [0.2, 0.25) is 5.02 Å². The molecule has 31 heavy (non-hydrogen) atoms. The van der Waals surface area contributed by atoms with Gasteiger partial charge in [0.2, 0.25) is 0 Å². The van der Waals surface area contributed by atoms with Gasteiger partial charge >= 0.3 is 5.97 Å². The summed E-state index contributed by atoms with van der Waals surface area (Å²) in [5, 5.41) is 10.0. The molecule has 0 aliphatic rings. The summed E-state index contributed by atoms with van der Waals surface area (Å²) < 4.78 is 33.6. The zero-order chi connectivity index (χ0) is 22.8. The van der Waals surface area contributed by atoms with Gasteiger partial charge < -0.3 is 9.84 Å². The maximum Gasteiger partial charge on any atom is 0.336 e. The van der Waals surface area contributed by atoms with E-state index >= 15 is 0 Å². The second-order valence-electron chi connectivity index (χ2n) is 6.94. The van der Waals surface area contributed by atoms with Crippen LogP contribution in [0.4, 0.5) is 5.69 Å². The molecule has 0 aromatic heterocycles. The molecule has 0 radical (unpaired) electrons. The number of hydrogen-bond donors (Lipinski definition) is 1. The molecule has 0 fully saturated rings. The van der Waals surface area contributed by atoms with Gasteiger partial charge in [0.15, 0.2) is 0 Å². The maximum atomic E-state index is 13.3. The monoisotopic (exact) mass is 459 g/mol. The molecule has 162 valence electrons. The number of hydrogen-bond acceptors (Lipinski definition) is 4. The number of aryl methyl sites for hydroxylation is 1. The minimum absolute atomic E-state index is 0.0265. The summed E-state index contributed by atoms with van der Waals surface area (Å²) in [6, 6.07) is 16.2. The van der Waals surface area contributed by atoms with Gasteiger partial charge in [-0.05, 0) is 92.6 Å². The van der Waals surface area contributed by atoms with Crippen LogP contribution in [-0.4, -0.2) is 26.0 Å². The third-order valence-electron chi connectivity index (χ3n) is 4.92. The Kier molecular flexibility index (Phi) is 6.57. The molecule has 3 aromatic carbocycles. The largest absolute Gasteiger partial charge is 0.478 e. The predicted molar refractivity (Wildman–Crippen MR) is 121 cm³/mol. The van der Waals surface area contributed by atoms with E-state index in [1.807, 2.05) is 0 Å². The standard InChI is InChI=1S/C23H22ClNO5S/c1-4-25(31(28,29)21-13-15(2)16(3)22(14-21)23(26)27)18-7-11-20(12-8-18)30-19-9-5-17(24)6-10-19/h5-14H,4H2,1-3H3,(H,26,27). The molecule has 3 rings (SSSR count). The Bertz CT molecular complexity index is 1210. The number of carbonyl (C=O) groups is 1. The normalized spacial score (nSPS) is 11.2. The molecule has 8 heteroatoms. The van der Waals surface area contributed by atoms with Crippen LogP contribution in [-0.2, 0) is 10.0 Å². The molecular formula is C23H22ClNO5S. The first-order valence-electron chi connectivity index (χ1n) is 9.54. The lowest BCUT2D eigenvalue weighted by atomic mass is 10.0. The van der Waals surface area contributed by atoms with Crippen molar-refractivity contribution in [3.8, 4) is 11.5 Å². The number of carboxylic acids is 1. The minimum atomic E-state index is -3.96. The van der Waals surface area contributed by atoms with E-state index in [0.29, 0.717) is 33.3 Å². The van der Waals surface area contributed by atoms with Crippen LogP contribution in [0.5, 0.6) is 11.5 Å². The molecule has 0 bridgehead atoms. The highest BCUT2D eigenvalue weighted by atomic mass is 35.5. The Morgan fingerprint density at radius 3 is 2.06 bits per heavy atom. The quantitative estimate of drug-likeness (QED) is 0.492. The Labute approximate surface area is 186 Å². The molecule has 0 saturated heterocycles. The van der Waals surface area contributed by atoms with E-state index in [4.69, 9.17) is 16.3 Å². The maximum absolute atomic E-state index is 13.3. The molecule has 6 nitrogen and oxygen atoms in total. The molecule has 0 aliphatic carbocycles. The molecule has 0 saturated carbocycles. The Morgan fingerprint density at radius 1 is 1.00 bits per heavy atom. The van der Waals surface area contributed by atoms with Crippen LogP contribution < -0.4 is 9.04 Å². The average Bonchev–Trinajstić information content (AvgIpc) is 2.73. The number of ether oxygens (including phenoxy) is 1. The third kappa shape index (κ3) is 4.84. The number of aromatic carboxylic acids is 1. The van der Waals surface area contributed by atoms with E-state index in [0.717, 1.165) is 0 Å². The highest BCUT2D eigenvalue weighted by Crippen LogP contribution is 2.30. The lowest BCUT2D eigenvalue weighted by molar-refractivity contribution is 0.0695. The molecule has 0 heterocycles. The van der Waals surface area contributed by atoms with Gasteiger partial charge in [-0.3, -0.25) is 4.31 Å². The highest BCUT2D eigenvalue weighted by Gasteiger charge is 2.26. The van der Waals surface area contributed by atoms with Crippen molar-refractivity contribution in [2.24, 2.45) is 0 Å². The van der Waals surface area contributed by atoms with Gasteiger partial charge in [-0.25, -0.2) is 13.2 Å². The molecular weight excluding hydrogens is 438 g/mol. The van der Waals surface area contributed by atoms with Crippen molar-refractivity contribution >= 4 is 33.3 Å². The van der Waals surface area contributed by atoms with Crippen molar-refractivity contribution in [2.45, 2.75) is 25.7 Å². The van der Waals surface area contributed by atoms with Crippen molar-refractivity contribution in [3.63, 3.8) is 0 Å². The minimum Gasteiger partial charge on any atom is -0.478 e. The topological polar surface area (TPSA) is 83.9 Å². The van der Waals surface area contributed by atoms with Gasteiger partial charge in [-0.1, -0.05) is 11.6 Å². The Balaban J connectivity index is 1.92. The third-order valence-corrected chi connectivity index (χ3v) is 7.05. The van der Waals surface area contributed by atoms with E-state index in [2.05, 4.69) is 0 Å². The van der Waals surface area contributed by atoms with Crippen LogP contribution >= 0.6 is 11.6 Å². The SMILES string of the molecule is CCN(c1ccc(Oc2ccc(Cl)cc2)cc1)S(=O)(=O)c1cc(C)c(C)c(C(=O)O)c1. The average molecular weight is 460 g/mol. The first-order chi connectivity index (χ1) is 14.6. The lowest BCUT2D eigenvalue weighted by Gasteiger charge is -2.24. The number of halogens is 1. The first kappa shape index (κ1) is 22.7. The van der Waals surface area contributed by atoms with Gasteiger partial charge in [-0.15, -0.1) is 0 Å². The molecule has 0 aliphatic heterocycles. The zero-order valence-electron chi connectivity index (χ0n) is 17.3. The van der Waals surface area contributed by atoms with Gasteiger partial charge in [0.25, 0.3) is 10.0 Å².